The van der Waals surface area contributed by atoms with Crippen LogP contribution in [0.25, 0.3) is 11.1 Å². The molecule has 1 saturated carbocycles. The highest BCUT2D eigenvalue weighted by Gasteiger charge is 2.31. The minimum absolute atomic E-state index is 0.167. The van der Waals surface area contributed by atoms with E-state index in [9.17, 15) is 10.1 Å². The van der Waals surface area contributed by atoms with Gasteiger partial charge in [0, 0.05) is 19.0 Å². The van der Waals surface area contributed by atoms with Crippen LogP contribution in [0.1, 0.15) is 40.9 Å². The Balaban J connectivity index is 1.87. The molecule has 0 radical (unpaired) electrons. The molecule has 1 fully saturated rings. The van der Waals surface area contributed by atoms with Gasteiger partial charge in [0.25, 0.3) is 5.91 Å². The number of hydrogen-bond acceptors (Lipinski definition) is 4. The summed E-state index contributed by atoms with van der Waals surface area (Å²) in [5.74, 6) is 0.458. The largest absolute Gasteiger partial charge is 0.477 e. The summed E-state index contributed by atoms with van der Waals surface area (Å²) in [5, 5.41) is 16.7. The minimum Gasteiger partial charge on any atom is -0.477 e. The number of hydrogen-bond donors (Lipinski definition) is 1. The second kappa shape index (κ2) is 5.68. The highest BCUT2D eigenvalue weighted by Crippen LogP contribution is 2.38. The Kier molecular flexibility index (Phi) is 3.49. The van der Waals surface area contributed by atoms with Crippen LogP contribution in [0, 0.1) is 18.3 Å². The molecule has 2 aromatic rings. The third-order valence-corrected chi connectivity index (χ3v) is 4.42. The van der Waals surface area contributed by atoms with Crippen molar-refractivity contribution < 1.29 is 9.53 Å². The second-order valence-corrected chi connectivity index (χ2v) is 6.34. The summed E-state index contributed by atoms with van der Waals surface area (Å²) in [4.78, 5) is 12.7. The third-order valence-electron chi connectivity index (χ3n) is 4.42. The number of benzene rings is 1. The number of fused-ring (bicyclic) bond motifs is 1. The van der Waals surface area contributed by atoms with Gasteiger partial charge in [0.05, 0.1) is 23.8 Å². The molecule has 2 heterocycles. The Hall–Kier alpha value is -2.81. The normalized spacial score (nSPS) is 16.0. The van der Waals surface area contributed by atoms with E-state index in [-0.39, 0.29) is 11.9 Å². The van der Waals surface area contributed by atoms with Gasteiger partial charge in [-0.2, -0.15) is 10.4 Å². The maximum atomic E-state index is 12.7. The average Bonchev–Trinajstić information content (AvgIpc) is 3.32. The maximum Gasteiger partial charge on any atom is 0.272 e. The summed E-state index contributed by atoms with van der Waals surface area (Å²) in [7, 11) is 0. The van der Waals surface area contributed by atoms with E-state index in [1.54, 1.807) is 16.8 Å². The number of aryl methyl sites for hydroxylation is 2. The highest BCUT2D eigenvalue weighted by atomic mass is 16.5. The molecular weight excluding hydrogens is 304 g/mol. The fourth-order valence-corrected chi connectivity index (χ4v) is 2.97. The molecule has 0 unspecified atom stereocenters. The van der Waals surface area contributed by atoms with Crippen LogP contribution in [0.4, 0.5) is 0 Å². The van der Waals surface area contributed by atoms with Gasteiger partial charge in [0.15, 0.2) is 5.69 Å². The lowest BCUT2D eigenvalue weighted by molar-refractivity contribution is 0.0945. The molecule has 1 aliphatic heterocycles. The van der Waals surface area contributed by atoms with Crippen molar-refractivity contribution in [3.63, 3.8) is 0 Å². The second-order valence-electron chi connectivity index (χ2n) is 6.34. The first-order chi connectivity index (χ1) is 11.7. The zero-order chi connectivity index (χ0) is 16.7. The number of nitrogens with zero attached hydrogens (tertiary/aromatic N) is 3. The summed E-state index contributed by atoms with van der Waals surface area (Å²) in [6, 6.07) is 7.89. The third kappa shape index (κ3) is 2.52. The van der Waals surface area contributed by atoms with Crippen LogP contribution in [0.15, 0.2) is 18.2 Å². The molecule has 24 heavy (non-hydrogen) atoms. The summed E-state index contributed by atoms with van der Waals surface area (Å²) in [6.45, 7) is 3.31. The van der Waals surface area contributed by atoms with Gasteiger partial charge >= 0.3 is 0 Å². The van der Waals surface area contributed by atoms with Crippen LogP contribution in [-0.4, -0.2) is 28.3 Å². The monoisotopic (exact) mass is 322 g/mol. The van der Waals surface area contributed by atoms with Crippen LogP contribution in [-0.2, 0) is 6.54 Å². The number of aromatic nitrogens is 2. The molecule has 0 bridgehead atoms. The van der Waals surface area contributed by atoms with Gasteiger partial charge < -0.3 is 10.1 Å². The predicted octanol–water partition coefficient (Wildman–Crippen LogP) is 2.40. The van der Waals surface area contributed by atoms with E-state index < -0.39 is 0 Å². The van der Waals surface area contributed by atoms with Crippen LogP contribution >= 0.6 is 0 Å². The van der Waals surface area contributed by atoms with Crippen molar-refractivity contribution in [3.05, 3.63) is 35.0 Å². The van der Waals surface area contributed by atoms with Gasteiger partial charge in [0.1, 0.15) is 0 Å². The van der Waals surface area contributed by atoms with E-state index in [0.717, 1.165) is 36.9 Å². The quantitative estimate of drug-likeness (QED) is 0.941. The summed E-state index contributed by atoms with van der Waals surface area (Å²) < 4.78 is 7.59. The van der Waals surface area contributed by atoms with E-state index >= 15 is 0 Å². The van der Waals surface area contributed by atoms with Crippen molar-refractivity contribution in [1.82, 2.24) is 15.1 Å². The lowest BCUT2D eigenvalue weighted by Gasteiger charge is -2.16. The Morgan fingerprint density at radius 3 is 3.04 bits per heavy atom. The molecule has 1 N–H and O–H groups in total. The van der Waals surface area contributed by atoms with Crippen molar-refractivity contribution in [3.8, 4) is 23.1 Å². The van der Waals surface area contributed by atoms with Crippen LogP contribution in [0.5, 0.6) is 5.88 Å². The molecule has 6 heteroatoms. The Labute approximate surface area is 140 Å². The zero-order valence-corrected chi connectivity index (χ0v) is 13.5. The number of amides is 1. The van der Waals surface area contributed by atoms with Gasteiger partial charge in [-0.05, 0) is 43.0 Å². The van der Waals surface area contributed by atoms with Gasteiger partial charge in [-0.25, -0.2) is 4.68 Å². The number of rotatable bonds is 3. The lowest BCUT2D eigenvalue weighted by atomic mass is 9.98. The first kappa shape index (κ1) is 14.8. The van der Waals surface area contributed by atoms with Crippen molar-refractivity contribution in [2.45, 2.75) is 38.8 Å². The summed E-state index contributed by atoms with van der Waals surface area (Å²) in [6.07, 6.45) is 2.91. The molecule has 1 amide bonds. The van der Waals surface area contributed by atoms with E-state index in [1.807, 2.05) is 13.0 Å². The minimum atomic E-state index is -0.167. The topological polar surface area (TPSA) is 79.9 Å². The molecule has 122 valence electrons. The lowest BCUT2D eigenvalue weighted by Crippen LogP contribution is -2.26. The predicted molar refractivity (Wildman–Crippen MR) is 87.7 cm³/mol. The number of carbonyl (C=O) groups is 1. The van der Waals surface area contributed by atoms with E-state index in [1.165, 1.54) is 0 Å². The highest BCUT2D eigenvalue weighted by molar-refractivity contribution is 6.01. The average molecular weight is 322 g/mol. The molecule has 0 saturated heterocycles. The molecule has 1 aromatic heterocycles. The first-order valence-corrected chi connectivity index (χ1v) is 8.23. The number of nitriles is 1. The summed E-state index contributed by atoms with van der Waals surface area (Å²) in [5.41, 5.74) is 3.46. The van der Waals surface area contributed by atoms with Gasteiger partial charge in [-0.1, -0.05) is 6.07 Å². The number of nitrogens with one attached hydrogen (secondary N) is 1. The standard InChI is InChI=1S/C18H18N4O2/c1-11-3-4-12(10-19)9-14(11)15-16(17(23)20-13-5-6-13)21-22-7-2-8-24-18(15)22/h3-4,9,13H,2,5-8H2,1H3,(H,20,23). The smallest absolute Gasteiger partial charge is 0.272 e. The molecular formula is C18H18N4O2. The number of ether oxygens (including phenoxy) is 1. The van der Waals surface area contributed by atoms with E-state index in [0.29, 0.717) is 29.3 Å². The molecule has 0 atom stereocenters. The fourth-order valence-electron chi connectivity index (χ4n) is 2.97. The molecule has 2 aliphatic rings. The van der Waals surface area contributed by atoms with E-state index in [2.05, 4.69) is 16.5 Å². The number of carbonyl (C=O) groups excluding carboxylic acids is 1. The van der Waals surface area contributed by atoms with Gasteiger partial charge in [0.2, 0.25) is 5.88 Å². The van der Waals surface area contributed by atoms with Gasteiger partial charge in [-0.3, -0.25) is 4.79 Å². The maximum absolute atomic E-state index is 12.7. The molecule has 6 nitrogen and oxygen atoms in total. The molecule has 1 aromatic carbocycles. The van der Waals surface area contributed by atoms with Crippen LogP contribution < -0.4 is 10.1 Å². The van der Waals surface area contributed by atoms with Crippen LogP contribution in [0.2, 0.25) is 0 Å². The molecule has 4 rings (SSSR count). The SMILES string of the molecule is Cc1ccc(C#N)cc1-c1c(C(=O)NC2CC2)nn2c1OCCC2. The zero-order valence-electron chi connectivity index (χ0n) is 13.5. The molecule has 1 aliphatic carbocycles. The Morgan fingerprint density at radius 2 is 2.29 bits per heavy atom. The fraction of sp³-hybridized carbons (Fsp3) is 0.389. The summed E-state index contributed by atoms with van der Waals surface area (Å²) >= 11 is 0. The Morgan fingerprint density at radius 1 is 1.46 bits per heavy atom. The van der Waals surface area contributed by atoms with Crippen molar-refractivity contribution in [1.29, 1.82) is 5.26 Å². The van der Waals surface area contributed by atoms with Crippen molar-refractivity contribution in [2.75, 3.05) is 6.61 Å². The van der Waals surface area contributed by atoms with Crippen molar-refractivity contribution in [2.24, 2.45) is 0 Å². The van der Waals surface area contributed by atoms with E-state index in [4.69, 9.17) is 4.74 Å². The van der Waals surface area contributed by atoms with Crippen LogP contribution in [0.3, 0.4) is 0 Å². The molecule has 0 spiro atoms. The Bertz CT molecular complexity index is 859. The van der Waals surface area contributed by atoms with Gasteiger partial charge in [-0.15, -0.1) is 0 Å². The van der Waals surface area contributed by atoms with Crippen molar-refractivity contribution >= 4 is 5.91 Å². The first-order valence-electron chi connectivity index (χ1n) is 8.23.